The minimum absolute atomic E-state index is 0.337. The Hall–Kier alpha value is -2.32. The second-order valence-electron chi connectivity index (χ2n) is 5.78. The van der Waals surface area contributed by atoms with Crippen LogP contribution in [0.5, 0.6) is 0 Å². The van der Waals surface area contributed by atoms with E-state index in [4.69, 9.17) is 16.9 Å². The lowest BCUT2D eigenvalue weighted by Crippen LogP contribution is -2.35. The Labute approximate surface area is 141 Å². The molecule has 1 atom stereocenters. The summed E-state index contributed by atoms with van der Waals surface area (Å²) in [5, 5.41) is 9.56. The molecule has 6 heteroatoms. The summed E-state index contributed by atoms with van der Waals surface area (Å²) >= 11 is 6.32. The van der Waals surface area contributed by atoms with Crippen molar-refractivity contribution in [3.63, 3.8) is 0 Å². The van der Waals surface area contributed by atoms with Crippen molar-refractivity contribution in [1.29, 1.82) is 5.26 Å². The maximum Gasteiger partial charge on any atom is 0.225 e. The van der Waals surface area contributed by atoms with Crippen LogP contribution in [-0.4, -0.2) is 36.1 Å². The maximum atomic E-state index is 8.94. The van der Waals surface area contributed by atoms with E-state index < -0.39 is 0 Å². The second-order valence-corrected chi connectivity index (χ2v) is 6.18. The molecule has 23 heavy (non-hydrogen) atoms. The van der Waals surface area contributed by atoms with Gasteiger partial charge in [-0.2, -0.15) is 5.26 Å². The molecule has 3 rings (SSSR count). The summed E-state index contributed by atoms with van der Waals surface area (Å²) in [7, 11) is 2.03. The molecular weight excluding hydrogens is 310 g/mol. The van der Waals surface area contributed by atoms with Gasteiger partial charge in [-0.25, -0.2) is 9.97 Å². The van der Waals surface area contributed by atoms with Crippen molar-refractivity contribution in [3.8, 4) is 6.07 Å². The molecule has 0 amide bonds. The molecule has 0 aliphatic carbocycles. The van der Waals surface area contributed by atoms with Crippen molar-refractivity contribution >= 4 is 23.2 Å². The van der Waals surface area contributed by atoms with Crippen LogP contribution in [0.25, 0.3) is 0 Å². The minimum atomic E-state index is 0.337. The number of benzene rings is 1. The lowest BCUT2D eigenvalue weighted by molar-refractivity contribution is 0.673. The van der Waals surface area contributed by atoms with E-state index in [1.165, 1.54) is 0 Å². The fourth-order valence-corrected chi connectivity index (χ4v) is 3.18. The molecule has 1 saturated heterocycles. The summed E-state index contributed by atoms with van der Waals surface area (Å²) in [5.41, 5.74) is 2.53. The fraction of sp³-hybridized carbons (Fsp3) is 0.353. The van der Waals surface area contributed by atoms with Gasteiger partial charge in [0.2, 0.25) is 5.95 Å². The van der Waals surface area contributed by atoms with E-state index in [-0.39, 0.29) is 0 Å². The zero-order chi connectivity index (χ0) is 16.4. The monoisotopic (exact) mass is 327 g/mol. The van der Waals surface area contributed by atoms with Gasteiger partial charge in [-0.1, -0.05) is 11.6 Å². The largest absolute Gasteiger partial charge is 0.368 e. The van der Waals surface area contributed by atoms with Crippen LogP contribution in [0.1, 0.15) is 17.7 Å². The summed E-state index contributed by atoms with van der Waals surface area (Å²) in [6.45, 7) is 3.75. The maximum absolute atomic E-state index is 8.94. The molecule has 1 fully saturated rings. The summed E-state index contributed by atoms with van der Waals surface area (Å²) < 4.78 is 0. The third kappa shape index (κ3) is 3.22. The van der Waals surface area contributed by atoms with E-state index in [1.54, 1.807) is 12.3 Å². The number of aryl methyl sites for hydroxylation is 1. The molecule has 1 unspecified atom stereocenters. The van der Waals surface area contributed by atoms with Crippen molar-refractivity contribution in [2.45, 2.75) is 19.4 Å². The van der Waals surface area contributed by atoms with Crippen LogP contribution >= 0.6 is 11.6 Å². The Bertz CT molecular complexity index is 755. The summed E-state index contributed by atoms with van der Waals surface area (Å²) in [5.74, 6) is 0.753. The molecule has 0 N–H and O–H groups in total. The van der Waals surface area contributed by atoms with E-state index in [0.717, 1.165) is 36.8 Å². The average molecular weight is 328 g/mol. The molecule has 5 nitrogen and oxygen atoms in total. The third-order valence-corrected chi connectivity index (χ3v) is 4.53. The fourth-order valence-electron chi connectivity index (χ4n) is 2.88. The highest BCUT2D eigenvalue weighted by molar-refractivity contribution is 6.33. The summed E-state index contributed by atoms with van der Waals surface area (Å²) in [6, 6.07) is 9.80. The first kappa shape index (κ1) is 15.6. The van der Waals surface area contributed by atoms with Gasteiger partial charge < -0.3 is 9.80 Å². The van der Waals surface area contributed by atoms with Crippen molar-refractivity contribution < 1.29 is 0 Å². The Balaban J connectivity index is 1.75. The Morgan fingerprint density at radius 2 is 2.22 bits per heavy atom. The quantitative estimate of drug-likeness (QED) is 0.867. The molecule has 0 radical (unpaired) electrons. The highest BCUT2D eigenvalue weighted by Crippen LogP contribution is 2.31. The van der Waals surface area contributed by atoms with Gasteiger partial charge in [-0.05, 0) is 37.6 Å². The zero-order valence-corrected chi connectivity index (χ0v) is 14.0. The molecule has 1 aromatic heterocycles. The lowest BCUT2D eigenvalue weighted by atomic mass is 10.2. The number of anilines is 2. The number of rotatable bonds is 3. The van der Waals surface area contributed by atoms with Crippen molar-refractivity contribution in [2.75, 3.05) is 29.9 Å². The van der Waals surface area contributed by atoms with E-state index >= 15 is 0 Å². The Morgan fingerprint density at radius 1 is 1.39 bits per heavy atom. The van der Waals surface area contributed by atoms with Crippen molar-refractivity contribution in [3.05, 3.63) is 46.7 Å². The zero-order valence-electron chi connectivity index (χ0n) is 13.2. The van der Waals surface area contributed by atoms with Gasteiger partial charge in [0, 0.05) is 32.0 Å². The number of hydrogen-bond donors (Lipinski definition) is 0. The van der Waals surface area contributed by atoms with Crippen LogP contribution in [0.15, 0.2) is 30.5 Å². The molecule has 1 aromatic carbocycles. The smallest absolute Gasteiger partial charge is 0.225 e. The van der Waals surface area contributed by atoms with Crippen LogP contribution in [0.4, 0.5) is 11.6 Å². The first-order valence-corrected chi connectivity index (χ1v) is 7.93. The van der Waals surface area contributed by atoms with E-state index in [9.17, 15) is 0 Å². The first-order chi connectivity index (χ1) is 11.1. The third-order valence-electron chi connectivity index (χ3n) is 4.23. The Morgan fingerprint density at radius 3 is 2.91 bits per heavy atom. The van der Waals surface area contributed by atoms with Crippen molar-refractivity contribution in [1.82, 2.24) is 9.97 Å². The van der Waals surface area contributed by atoms with Gasteiger partial charge >= 0.3 is 0 Å². The molecule has 1 aliphatic rings. The number of hydrogen-bond acceptors (Lipinski definition) is 5. The molecular formula is C17H18ClN5. The summed E-state index contributed by atoms with van der Waals surface area (Å²) in [6.07, 6.45) is 2.81. The van der Waals surface area contributed by atoms with Crippen LogP contribution in [0, 0.1) is 18.3 Å². The molecule has 0 spiro atoms. The predicted molar refractivity (Wildman–Crippen MR) is 92.0 cm³/mol. The number of nitrogens with zero attached hydrogens (tertiary/aromatic N) is 5. The molecule has 0 bridgehead atoms. The Kier molecular flexibility index (Phi) is 4.35. The minimum Gasteiger partial charge on any atom is -0.368 e. The first-order valence-electron chi connectivity index (χ1n) is 7.55. The summed E-state index contributed by atoms with van der Waals surface area (Å²) in [4.78, 5) is 13.2. The normalized spacial score (nSPS) is 17.1. The SMILES string of the molecule is Cc1ccnc(N(C)C2CCN(c3ccc(C#N)cc3Cl)C2)n1. The molecule has 2 aromatic rings. The number of aromatic nitrogens is 2. The highest BCUT2D eigenvalue weighted by Gasteiger charge is 2.28. The van der Waals surface area contributed by atoms with Gasteiger partial charge in [0.15, 0.2) is 0 Å². The van der Waals surface area contributed by atoms with Crippen LogP contribution in [0.2, 0.25) is 5.02 Å². The van der Waals surface area contributed by atoms with Gasteiger partial charge in [0.25, 0.3) is 0 Å². The number of nitriles is 1. The topological polar surface area (TPSA) is 56.1 Å². The average Bonchev–Trinajstić information content (AvgIpc) is 3.03. The van der Waals surface area contributed by atoms with Crippen LogP contribution < -0.4 is 9.80 Å². The standard InChI is InChI=1S/C17H18ClN5/c1-12-5-7-20-17(21-12)22(2)14-6-8-23(11-14)16-4-3-13(10-19)9-15(16)18/h3-5,7,9,14H,6,8,11H2,1-2H3. The molecule has 2 heterocycles. The van der Waals surface area contributed by atoms with Gasteiger partial charge in [0.1, 0.15) is 0 Å². The van der Waals surface area contributed by atoms with Gasteiger partial charge in [-0.15, -0.1) is 0 Å². The molecule has 0 saturated carbocycles. The molecule has 118 valence electrons. The van der Waals surface area contributed by atoms with Crippen LogP contribution in [0.3, 0.4) is 0 Å². The van der Waals surface area contributed by atoms with E-state index in [2.05, 4.69) is 25.8 Å². The molecule has 1 aliphatic heterocycles. The van der Waals surface area contributed by atoms with E-state index in [0.29, 0.717) is 16.6 Å². The lowest BCUT2D eigenvalue weighted by Gasteiger charge is -2.26. The van der Waals surface area contributed by atoms with Crippen LogP contribution in [-0.2, 0) is 0 Å². The van der Waals surface area contributed by atoms with Gasteiger partial charge in [0.05, 0.1) is 28.4 Å². The highest BCUT2D eigenvalue weighted by atomic mass is 35.5. The van der Waals surface area contributed by atoms with Crippen molar-refractivity contribution in [2.24, 2.45) is 0 Å². The number of likely N-dealkylation sites (N-methyl/N-ethyl adjacent to an activating group) is 1. The van der Waals surface area contributed by atoms with E-state index in [1.807, 2.05) is 32.2 Å². The van der Waals surface area contributed by atoms with Gasteiger partial charge in [-0.3, -0.25) is 0 Å². The predicted octanol–water partition coefficient (Wildman–Crippen LogP) is 3.03. The number of halogens is 1. The second kappa shape index (κ2) is 6.43.